The number of nitrogens with zero attached hydrogens (tertiary/aromatic N) is 4. The van der Waals surface area contributed by atoms with Crippen molar-refractivity contribution in [2.45, 2.75) is 13.0 Å². The van der Waals surface area contributed by atoms with Crippen molar-refractivity contribution in [1.82, 2.24) is 24.0 Å². The van der Waals surface area contributed by atoms with Crippen molar-refractivity contribution in [2.24, 2.45) is 14.1 Å². The van der Waals surface area contributed by atoms with Crippen LogP contribution in [0, 0.1) is 11.8 Å². The molecule has 0 saturated carbocycles. The van der Waals surface area contributed by atoms with Crippen LogP contribution in [0.4, 0.5) is 0 Å². The van der Waals surface area contributed by atoms with E-state index in [1.54, 1.807) is 0 Å². The topological polar surface area (TPSA) is 100 Å². The number of para-hydroxylation sites is 1. The molecule has 0 unspecified atom stereocenters. The monoisotopic (exact) mass is 421 g/mol. The molecule has 3 rings (SSSR count). The third-order valence-corrected chi connectivity index (χ3v) is 4.67. The number of aromatic nitrogens is 4. The van der Waals surface area contributed by atoms with E-state index in [0.717, 1.165) is 15.9 Å². The SMILES string of the molecule is C=CCc1ccccc1OCC#CCNC(=O)Cn1cnc2c1c(=O)n(C)c(=O)n2C. The molecule has 9 nitrogen and oxygen atoms in total. The molecule has 1 N–H and O–H groups in total. The number of nitrogens with one attached hydrogen (secondary N) is 1. The lowest BCUT2D eigenvalue weighted by molar-refractivity contribution is -0.121. The lowest BCUT2D eigenvalue weighted by atomic mass is 10.1. The number of hydrogen-bond donors (Lipinski definition) is 1. The number of fused-ring (bicyclic) bond motifs is 1. The second-order valence-corrected chi connectivity index (χ2v) is 6.77. The minimum absolute atomic E-state index is 0.114. The molecule has 0 aliphatic carbocycles. The number of benzene rings is 1. The Bertz CT molecular complexity index is 1300. The van der Waals surface area contributed by atoms with Crippen LogP contribution in [0.25, 0.3) is 11.2 Å². The van der Waals surface area contributed by atoms with Crippen LogP contribution in [0.3, 0.4) is 0 Å². The summed E-state index contributed by atoms with van der Waals surface area (Å²) in [4.78, 5) is 40.7. The van der Waals surface area contributed by atoms with Crippen LogP contribution in [-0.4, -0.2) is 37.7 Å². The van der Waals surface area contributed by atoms with E-state index in [-0.39, 0.29) is 36.8 Å². The second-order valence-electron chi connectivity index (χ2n) is 6.77. The highest BCUT2D eigenvalue weighted by molar-refractivity contribution is 5.79. The summed E-state index contributed by atoms with van der Waals surface area (Å²) in [6.07, 6.45) is 3.88. The smallest absolute Gasteiger partial charge is 0.332 e. The molecular formula is C22H23N5O4. The van der Waals surface area contributed by atoms with E-state index in [2.05, 4.69) is 28.7 Å². The standard InChI is InChI=1S/C22H23N5O4/c1-4-9-16-10-5-6-11-17(16)31-13-8-7-12-23-18(28)14-27-15-24-20-19(27)21(29)26(3)22(30)25(20)2/h4-6,10-11,15H,1,9,12-14H2,2-3H3,(H,23,28). The van der Waals surface area contributed by atoms with E-state index in [1.807, 2.05) is 30.3 Å². The number of ether oxygens (including phenoxy) is 1. The minimum atomic E-state index is -0.503. The molecule has 3 aromatic rings. The third kappa shape index (κ3) is 4.75. The molecule has 0 spiro atoms. The summed E-state index contributed by atoms with van der Waals surface area (Å²) in [5.41, 5.74) is 0.477. The first-order chi connectivity index (χ1) is 14.9. The van der Waals surface area contributed by atoms with Gasteiger partial charge in [-0.15, -0.1) is 6.58 Å². The number of rotatable bonds is 7. The number of carbonyl (C=O) groups excluding carboxylic acids is 1. The van der Waals surface area contributed by atoms with Gasteiger partial charge in [-0.25, -0.2) is 9.78 Å². The fraction of sp³-hybridized carbons (Fsp3) is 0.273. The molecule has 2 heterocycles. The first kappa shape index (κ1) is 21.6. The van der Waals surface area contributed by atoms with Gasteiger partial charge in [-0.3, -0.25) is 18.7 Å². The number of allylic oxidation sites excluding steroid dienone is 1. The summed E-state index contributed by atoms with van der Waals surface area (Å²) in [6, 6.07) is 7.67. The van der Waals surface area contributed by atoms with Gasteiger partial charge in [0, 0.05) is 14.1 Å². The highest BCUT2D eigenvalue weighted by atomic mass is 16.5. The summed E-state index contributed by atoms with van der Waals surface area (Å²) in [7, 11) is 2.91. The number of carbonyl (C=O) groups is 1. The van der Waals surface area contributed by atoms with Crippen LogP contribution in [0.2, 0.25) is 0 Å². The predicted octanol–water partition coefficient (Wildman–Crippen LogP) is 0.361. The molecule has 0 aliphatic rings. The first-order valence-corrected chi connectivity index (χ1v) is 9.59. The Morgan fingerprint density at radius 3 is 2.77 bits per heavy atom. The van der Waals surface area contributed by atoms with Gasteiger partial charge in [-0.05, 0) is 18.1 Å². The van der Waals surface area contributed by atoms with E-state index in [0.29, 0.717) is 6.42 Å². The fourth-order valence-corrected chi connectivity index (χ4v) is 3.07. The average Bonchev–Trinajstić information content (AvgIpc) is 3.18. The van der Waals surface area contributed by atoms with Gasteiger partial charge in [0.1, 0.15) is 18.9 Å². The van der Waals surface area contributed by atoms with Crippen LogP contribution in [0.5, 0.6) is 5.75 Å². The lowest BCUT2D eigenvalue weighted by Crippen LogP contribution is -2.38. The molecule has 160 valence electrons. The molecule has 0 saturated heterocycles. The van der Waals surface area contributed by atoms with Gasteiger partial charge in [0.25, 0.3) is 5.56 Å². The normalized spacial score (nSPS) is 10.4. The van der Waals surface area contributed by atoms with Gasteiger partial charge in [0.2, 0.25) is 5.91 Å². The van der Waals surface area contributed by atoms with Crippen LogP contribution in [0.1, 0.15) is 5.56 Å². The number of aryl methyl sites for hydroxylation is 1. The molecule has 1 amide bonds. The fourth-order valence-electron chi connectivity index (χ4n) is 3.07. The molecule has 9 heteroatoms. The van der Waals surface area contributed by atoms with E-state index >= 15 is 0 Å². The molecular weight excluding hydrogens is 398 g/mol. The van der Waals surface area contributed by atoms with Gasteiger partial charge >= 0.3 is 5.69 Å². The molecule has 0 radical (unpaired) electrons. The molecule has 0 fully saturated rings. The van der Waals surface area contributed by atoms with Crippen LogP contribution in [0.15, 0.2) is 52.8 Å². The first-order valence-electron chi connectivity index (χ1n) is 9.59. The van der Waals surface area contributed by atoms with Gasteiger partial charge in [0.05, 0.1) is 12.9 Å². The Hall–Kier alpha value is -4.06. The average molecular weight is 421 g/mol. The number of imidazole rings is 1. The van der Waals surface area contributed by atoms with Crippen LogP contribution < -0.4 is 21.3 Å². The number of amides is 1. The summed E-state index contributed by atoms with van der Waals surface area (Å²) in [6.45, 7) is 3.95. The summed E-state index contributed by atoms with van der Waals surface area (Å²) >= 11 is 0. The Balaban J connectivity index is 1.56. The minimum Gasteiger partial charge on any atom is -0.481 e. The van der Waals surface area contributed by atoms with E-state index < -0.39 is 11.2 Å². The predicted molar refractivity (Wildman–Crippen MR) is 117 cm³/mol. The van der Waals surface area contributed by atoms with E-state index in [1.165, 1.54) is 29.6 Å². The molecule has 0 aliphatic heterocycles. The number of hydrogen-bond acceptors (Lipinski definition) is 5. The van der Waals surface area contributed by atoms with Crippen molar-refractivity contribution in [3.8, 4) is 17.6 Å². The molecule has 1 aromatic carbocycles. The Morgan fingerprint density at radius 1 is 1.23 bits per heavy atom. The largest absolute Gasteiger partial charge is 0.481 e. The van der Waals surface area contributed by atoms with Crippen LogP contribution >= 0.6 is 0 Å². The van der Waals surface area contributed by atoms with Crippen molar-refractivity contribution in [3.63, 3.8) is 0 Å². The second kappa shape index (κ2) is 9.63. The maximum Gasteiger partial charge on any atom is 0.332 e. The van der Waals surface area contributed by atoms with Crippen molar-refractivity contribution in [2.75, 3.05) is 13.2 Å². The molecule has 31 heavy (non-hydrogen) atoms. The molecule has 0 atom stereocenters. The molecule has 0 bridgehead atoms. The van der Waals surface area contributed by atoms with Crippen molar-refractivity contribution in [3.05, 3.63) is 69.6 Å². The highest BCUT2D eigenvalue weighted by Gasteiger charge is 2.15. The van der Waals surface area contributed by atoms with Gasteiger partial charge in [0.15, 0.2) is 11.2 Å². The van der Waals surface area contributed by atoms with Crippen molar-refractivity contribution in [1.29, 1.82) is 0 Å². The maximum atomic E-state index is 12.4. The Kier molecular flexibility index (Phi) is 6.72. The van der Waals surface area contributed by atoms with Crippen molar-refractivity contribution >= 4 is 17.1 Å². The quantitative estimate of drug-likeness (QED) is 0.439. The van der Waals surface area contributed by atoms with Crippen molar-refractivity contribution < 1.29 is 9.53 Å². The summed E-state index contributed by atoms with van der Waals surface area (Å²) in [5.74, 6) is 6.10. The molecule has 2 aromatic heterocycles. The van der Waals surface area contributed by atoms with Gasteiger partial charge in [-0.1, -0.05) is 36.1 Å². The summed E-state index contributed by atoms with van der Waals surface area (Å²) in [5, 5.41) is 2.67. The lowest BCUT2D eigenvalue weighted by Gasteiger charge is -2.07. The highest BCUT2D eigenvalue weighted by Crippen LogP contribution is 2.18. The van der Waals surface area contributed by atoms with E-state index in [4.69, 9.17) is 4.74 Å². The van der Waals surface area contributed by atoms with Gasteiger partial charge < -0.3 is 14.6 Å². The zero-order valence-corrected chi connectivity index (χ0v) is 17.4. The zero-order valence-electron chi connectivity index (χ0n) is 17.4. The van der Waals surface area contributed by atoms with Crippen LogP contribution in [-0.2, 0) is 31.9 Å². The zero-order chi connectivity index (χ0) is 22.4. The third-order valence-electron chi connectivity index (χ3n) is 4.67. The van der Waals surface area contributed by atoms with Gasteiger partial charge in [-0.2, -0.15) is 0 Å². The Morgan fingerprint density at radius 2 is 2.00 bits per heavy atom. The van der Waals surface area contributed by atoms with E-state index in [9.17, 15) is 14.4 Å². The Labute approximate surface area is 178 Å². The summed E-state index contributed by atoms with van der Waals surface area (Å²) < 4.78 is 9.33. The maximum absolute atomic E-state index is 12.4.